The number of carbonyl (C=O) groups excluding carboxylic acids is 1. The number of benzene rings is 3. The van der Waals surface area contributed by atoms with Crippen LogP contribution in [0.3, 0.4) is 0 Å². The number of nitrogens with zero attached hydrogens (tertiary/aromatic N) is 3. The van der Waals surface area contributed by atoms with Gasteiger partial charge in [0.2, 0.25) is 5.91 Å². The average Bonchev–Trinajstić information content (AvgIpc) is 3.73. The predicted molar refractivity (Wildman–Crippen MR) is 154 cm³/mol. The largest absolute Gasteiger partial charge is 0.478 e. The molecular formula is C33H34N4O3. The number of fused-ring (bicyclic) bond motifs is 1. The average molecular weight is 535 g/mol. The summed E-state index contributed by atoms with van der Waals surface area (Å²) in [7, 11) is 2.01. The standard InChI is InChI=1S/C33H34N4O3/c1-21-31(35-20-36(21)2)19-37-14-13-27-26(23-9-6-10-24(15-23)33(39)40)12-11-25(30(27)18-37)17-34-32(38)29-16-28(29)22-7-4-3-5-8-22/h3-12,15,20,28-29H,13-14,16-19H2,1-2H3,(H,34,38)(H,39,40). The SMILES string of the molecule is Cc1c(CN2CCc3c(-c4cccc(C(=O)O)c4)ccc(CNC(=O)C4CC4c4ccccc4)c3C2)ncn1C. The summed E-state index contributed by atoms with van der Waals surface area (Å²) in [4.78, 5) is 31.7. The number of hydrogen-bond acceptors (Lipinski definition) is 4. The van der Waals surface area contributed by atoms with Crippen LogP contribution in [0.2, 0.25) is 0 Å². The van der Waals surface area contributed by atoms with E-state index in [1.54, 1.807) is 18.2 Å². The fourth-order valence-electron chi connectivity index (χ4n) is 5.96. The first kappa shape index (κ1) is 26.0. The van der Waals surface area contributed by atoms with Gasteiger partial charge in [-0.1, -0.05) is 54.6 Å². The fourth-order valence-corrected chi connectivity index (χ4v) is 5.96. The summed E-state index contributed by atoms with van der Waals surface area (Å²) in [5, 5.41) is 12.8. The smallest absolute Gasteiger partial charge is 0.335 e. The van der Waals surface area contributed by atoms with Gasteiger partial charge < -0.3 is 15.0 Å². The molecule has 40 heavy (non-hydrogen) atoms. The zero-order valence-electron chi connectivity index (χ0n) is 22.9. The fraction of sp³-hybridized carbons (Fsp3) is 0.303. The maximum atomic E-state index is 13.1. The van der Waals surface area contributed by atoms with E-state index in [2.05, 4.69) is 46.4 Å². The van der Waals surface area contributed by atoms with Crippen LogP contribution < -0.4 is 5.32 Å². The number of aryl methyl sites for hydroxylation is 1. The van der Waals surface area contributed by atoms with E-state index in [0.717, 1.165) is 60.6 Å². The highest BCUT2D eigenvalue weighted by Crippen LogP contribution is 2.47. The van der Waals surface area contributed by atoms with Crippen LogP contribution >= 0.6 is 0 Å². The second-order valence-corrected chi connectivity index (χ2v) is 11.0. The van der Waals surface area contributed by atoms with Crippen molar-refractivity contribution in [2.75, 3.05) is 6.54 Å². The van der Waals surface area contributed by atoms with Gasteiger partial charge in [0.05, 0.1) is 17.6 Å². The molecule has 0 radical (unpaired) electrons. The highest BCUT2D eigenvalue weighted by Gasteiger charge is 2.43. The Hall–Kier alpha value is -4.23. The molecule has 7 heteroatoms. The molecule has 204 valence electrons. The van der Waals surface area contributed by atoms with Crippen molar-refractivity contribution in [3.05, 3.63) is 112 Å². The van der Waals surface area contributed by atoms with Crippen LogP contribution in [0.4, 0.5) is 0 Å². The molecule has 3 aromatic carbocycles. The van der Waals surface area contributed by atoms with Gasteiger partial charge in [0.25, 0.3) is 0 Å². The summed E-state index contributed by atoms with van der Waals surface area (Å²) in [5.74, 6) is -0.491. The molecule has 2 N–H and O–H groups in total. The maximum Gasteiger partial charge on any atom is 0.335 e. The van der Waals surface area contributed by atoms with Crippen molar-refractivity contribution in [2.45, 2.75) is 45.3 Å². The van der Waals surface area contributed by atoms with Crippen molar-refractivity contribution in [1.82, 2.24) is 19.8 Å². The Kier molecular flexibility index (Phi) is 6.98. The molecule has 1 saturated carbocycles. The number of carbonyl (C=O) groups is 2. The summed E-state index contributed by atoms with van der Waals surface area (Å²) in [5.41, 5.74) is 9.28. The molecule has 2 unspecified atom stereocenters. The van der Waals surface area contributed by atoms with E-state index >= 15 is 0 Å². The Bertz CT molecular complexity index is 1580. The van der Waals surface area contributed by atoms with Gasteiger partial charge >= 0.3 is 5.97 Å². The third-order valence-electron chi connectivity index (χ3n) is 8.52. The number of carboxylic acids is 1. The third-order valence-corrected chi connectivity index (χ3v) is 8.52. The molecule has 1 aliphatic heterocycles. The molecule has 2 heterocycles. The minimum Gasteiger partial charge on any atom is -0.478 e. The Morgan fingerprint density at radius 2 is 1.88 bits per heavy atom. The van der Waals surface area contributed by atoms with E-state index in [1.165, 1.54) is 16.7 Å². The first-order valence-electron chi connectivity index (χ1n) is 13.9. The van der Waals surface area contributed by atoms with Crippen LogP contribution in [0.15, 0.2) is 73.1 Å². The van der Waals surface area contributed by atoms with Crippen LogP contribution in [0.1, 0.15) is 56.3 Å². The number of hydrogen-bond donors (Lipinski definition) is 2. The van der Waals surface area contributed by atoms with Crippen molar-refractivity contribution in [3.8, 4) is 11.1 Å². The Balaban J connectivity index is 1.26. The number of aromatic carboxylic acids is 1. The van der Waals surface area contributed by atoms with Crippen LogP contribution in [-0.2, 0) is 37.9 Å². The van der Waals surface area contributed by atoms with Gasteiger partial charge in [-0.25, -0.2) is 9.78 Å². The molecule has 1 aromatic heterocycles. The molecule has 7 nitrogen and oxygen atoms in total. The zero-order chi connectivity index (χ0) is 27.8. The highest BCUT2D eigenvalue weighted by atomic mass is 16.4. The first-order chi connectivity index (χ1) is 19.4. The number of carboxylic acid groups (broad SMARTS) is 1. The molecule has 0 saturated heterocycles. The molecule has 1 fully saturated rings. The Morgan fingerprint density at radius 1 is 1.05 bits per heavy atom. The molecule has 1 amide bonds. The van der Waals surface area contributed by atoms with E-state index in [0.29, 0.717) is 12.5 Å². The van der Waals surface area contributed by atoms with E-state index in [1.807, 2.05) is 42.2 Å². The van der Waals surface area contributed by atoms with Crippen molar-refractivity contribution in [3.63, 3.8) is 0 Å². The summed E-state index contributed by atoms with van der Waals surface area (Å²) in [6.45, 7) is 4.96. The van der Waals surface area contributed by atoms with Gasteiger partial charge in [0.15, 0.2) is 0 Å². The van der Waals surface area contributed by atoms with Gasteiger partial charge in [0.1, 0.15) is 0 Å². The molecule has 4 aromatic rings. The van der Waals surface area contributed by atoms with Crippen LogP contribution in [0.5, 0.6) is 0 Å². The number of aromatic nitrogens is 2. The van der Waals surface area contributed by atoms with Crippen molar-refractivity contribution in [1.29, 1.82) is 0 Å². The number of imidazole rings is 1. The van der Waals surface area contributed by atoms with Gasteiger partial charge in [-0.3, -0.25) is 9.69 Å². The maximum absolute atomic E-state index is 13.1. The van der Waals surface area contributed by atoms with E-state index in [4.69, 9.17) is 0 Å². The first-order valence-corrected chi connectivity index (χ1v) is 13.9. The molecule has 1 aliphatic carbocycles. The summed E-state index contributed by atoms with van der Waals surface area (Å²) < 4.78 is 2.04. The van der Waals surface area contributed by atoms with Crippen molar-refractivity contribution in [2.24, 2.45) is 13.0 Å². The van der Waals surface area contributed by atoms with Crippen molar-refractivity contribution >= 4 is 11.9 Å². The van der Waals surface area contributed by atoms with E-state index in [9.17, 15) is 14.7 Å². The van der Waals surface area contributed by atoms with Crippen LogP contribution in [-0.4, -0.2) is 38.0 Å². The topological polar surface area (TPSA) is 87.5 Å². The van der Waals surface area contributed by atoms with Crippen LogP contribution in [0.25, 0.3) is 11.1 Å². The van der Waals surface area contributed by atoms with E-state index in [-0.39, 0.29) is 17.4 Å². The number of rotatable bonds is 8. The Morgan fingerprint density at radius 3 is 2.62 bits per heavy atom. The monoisotopic (exact) mass is 534 g/mol. The van der Waals surface area contributed by atoms with Gasteiger partial charge in [-0.2, -0.15) is 0 Å². The summed E-state index contributed by atoms with van der Waals surface area (Å²) in [6.07, 6.45) is 3.59. The lowest BCUT2D eigenvalue weighted by molar-refractivity contribution is -0.122. The second-order valence-electron chi connectivity index (χ2n) is 11.0. The zero-order valence-corrected chi connectivity index (χ0v) is 22.9. The van der Waals surface area contributed by atoms with Crippen LogP contribution in [0, 0.1) is 12.8 Å². The number of nitrogens with one attached hydrogen (secondary N) is 1. The molecule has 0 spiro atoms. The Labute approximate surface area is 234 Å². The normalized spacial score (nSPS) is 18.2. The lowest BCUT2D eigenvalue weighted by Gasteiger charge is -2.32. The lowest BCUT2D eigenvalue weighted by atomic mass is 9.87. The quantitative estimate of drug-likeness (QED) is 0.330. The van der Waals surface area contributed by atoms with Gasteiger partial charge in [0, 0.05) is 44.8 Å². The minimum absolute atomic E-state index is 0.0277. The molecule has 2 atom stereocenters. The molecular weight excluding hydrogens is 500 g/mol. The summed E-state index contributed by atoms with van der Waals surface area (Å²) in [6, 6.07) is 21.6. The van der Waals surface area contributed by atoms with Crippen molar-refractivity contribution < 1.29 is 14.7 Å². The summed E-state index contributed by atoms with van der Waals surface area (Å²) >= 11 is 0. The molecule has 2 aliphatic rings. The highest BCUT2D eigenvalue weighted by molar-refractivity contribution is 5.89. The molecule has 6 rings (SSSR count). The lowest BCUT2D eigenvalue weighted by Crippen LogP contribution is -2.33. The third kappa shape index (κ3) is 5.17. The second kappa shape index (κ2) is 10.7. The van der Waals surface area contributed by atoms with Gasteiger partial charge in [-0.05, 0) is 71.2 Å². The van der Waals surface area contributed by atoms with Gasteiger partial charge in [-0.15, -0.1) is 0 Å². The minimum atomic E-state index is -0.930. The molecule has 0 bridgehead atoms. The van der Waals surface area contributed by atoms with E-state index < -0.39 is 5.97 Å². The predicted octanol–water partition coefficient (Wildman–Crippen LogP) is 5.07. The number of amides is 1.